The Labute approximate surface area is 120 Å². The highest BCUT2D eigenvalue weighted by Gasteiger charge is 2.29. The fourth-order valence-electron chi connectivity index (χ4n) is 2.69. The maximum Gasteiger partial charge on any atom is 0.254 e. The van der Waals surface area contributed by atoms with Gasteiger partial charge in [0.15, 0.2) is 0 Å². The number of carbonyl (C=O) groups is 1. The van der Waals surface area contributed by atoms with Crippen molar-refractivity contribution in [2.45, 2.75) is 51.7 Å². The Morgan fingerprint density at radius 3 is 2.63 bits per heavy atom. The molecule has 106 valence electrons. The first-order valence-electron chi connectivity index (χ1n) is 6.61. The number of nitrogens with two attached hydrogens (primary N) is 1. The van der Waals surface area contributed by atoms with E-state index in [1.165, 1.54) is 6.42 Å². The predicted molar refractivity (Wildman–Crippen MR) is 78.3 cm³/mol. The predicted octanol–water partition coefficient (Wildman–Crippen LogP) is 2.37. The number of pyridine rings is 1. The molecule has 1 saturated heterocycles. The lowest BCUT2D eigenvalue weighted by Crippen LogP contribution is -2.47. The van der Waals surface area contributed by atoms with Crippen molar-refractivity contribution in [3.05, 3.63) is 29.6 Å². The van der Waals surface area contributed by atoms with E-state index in [-0.39, 0.29) is 18.3 Å². The summed E-state index contributed by atoms with van der Waals surface area (Å²) >= 11 is 0. The molecule has 0 bridgehead atoms. The highest BCUT2D eigenvalue weighted by molar-refractivity contribution is 5.94. The molecule has 0 spiro atoms. The molecule has 2 rings (SSSR count). The van der Waals surface area contributed by atoms with Gasteiger partial charge < -0.3 is 10.6 Å². The Hall–Kier alpha value is -1.13. The first kappa shape index (κ1) is 15.9. The van der Waals surface area contributed by atoms with E-state index in [0.717, 1.165) is 18.5 Å². The third kappa shape index (κ3) is 3.45. The standard InChI is InChI=1S/C14H21N3O.ClH/c1-10-4-3-5-11(2)17(10)14(18)12-6-7-16-13(8-12)9-15;/h6-8,10-11H,3-5,9,15H2,1-2H3;1H. The number of aromatic nitrogens is 1. The second-order valence-electron chi connectivity index (χ2n) is 5.08. The van der Waals surface area contributed by atoms with Gasteiger partial charge in [-0.1, -0.05) is 0 Å². The molecule has 2 heterocycles. The number of piperidine rings is 1. The molecule has 5 heteroatoms. The number of rotatable bonds is 2. The summed E-state index contributed by atoms with van der Waals surface area (Å²) in [6.07, 6.45) is 5.04. The summed E-state index contributed by atoms with van der Waals surface area (Å²) in [6, 6.07) is 4.21. The van der Waals surface area contributed by atoms with Crippen molar-refractivity contribution in [2.24, 2.45) is 5.73 Å². The Kier molecular flexibility index (Phi) is 5.76. The molecule has 1 aliphatic rings. The molecule has 0 aliphatic carbocycles. The van der Waals surface area contributed by atoms with Gasteiger partial charge in [-0.05, 0) is 45.2 Å². The van der Waals surface area contributed by atoms with E-state index < -0.39 is 0 Å². The van der Waals surface area contributed by atoms with Crippen LogP contribution >= 0.6 is 12.4 Å². The number of carbonyl (C=O) groups excluding carboxylic acids is 1. The van der Waals surface area contributed by atoms with E-state index >= 15 is 0 Å². The Balaban J connectivity index is 0.00000180. The largest absolute Gasteiger partial charge is 0.333 e. The van der Waals surface area contributed by atoms with Crippen molar-refractivity contribution in [1.82, 2.24) is 9.88 Å². The van der Waals surface area contributed by atoms with E-state index in [9.17, 15) is 4.79 Å². The molecule has 2 N–H and O–H groups in total. The molecule has 2 unspecified atom stereocenters. The van der Waals surface area contributed by atoms with Gasteiger partial charge in [0.2, 0.25) is 0 Å². The highest BCUT2D eigenvalue weighted by Crippen LogP contribution is 2.24. The topological polar surface area (TPSA) is 59.2 Å². The molecule has 1 aliphatic heterocycles. The lowest BCUT2D eigenvalue weighted by Gasteiger charge is -2.39. The zero-order valence-electron chi connectivity index (χ0n) is 11.5. The van der Waals surface area contributed by atoms with Gasteiger partial charge in [0.05, 0.1) is 5.69 Å². The lowest BCUT2D eigenvalue weighted by atomic mass is 9.96. The summed E-state index contributed by atoms with van der Waals surface area (Å²) in [7, 11) is 0. The zero-order valence-corrected chi connectivity index (χ0v) is 12.3. The van der Waals surface area contributed by atoms with Gasteiger partial charge >= 0.3 is 0 Å². The van der Waals surface area contributed by atoms with Gasteiger partial charge in [-0.25, -0.2) is 0 Å². The number of likely N-dealkylation sites (tertiary alicyclic amines) is 1. The van der Waals surface area contributed by atoms with Crippen molar-refractivity contribution in [3.8, 4) is 0 Å². The van der Waals surface area contributed by atoms with Crippen LogP contribution in [0.4, 0.5) is 0 Å². The van der Waals surface area contributed by atoms with E-state index in [4.69, 9.17) is 5.73 Å². The number of hydrogen-bond donors (Lipinski definition) is 1. The molecular formula is C14H22ClN3O. The summed E-state index contributed by atoms with van der Waals surface area (Å²) in [6.45, 7) is 4.61. The maximum atomic E-state index is 12.5. The molecule has 0 saturated carbocycles. The fourth-order valence-corrected chi connectivity index (χ4v) is 2.69. The average molecular weight is 284 g/mol. The fraction of sp³-hybridized carbons (Fsp3) is 0.571. The number of amides is 1. The summed E-state index contributed by atoms with van der Waals surface area (Å²) in [5.74, 6) is 0.104. The Morgan fingerprint density at radius 2 is 2.05 bits per heavy atom. The first-order chi connectivity index (χ1) is 8.63. The van der Waals surface area contributed by atoms with Crippen molar-refractivity contribution < 1.29 is 4.79 Å². The third-order valence-corrected chi connectivity index (χ3v) is 3.70. The Morgan fingerprint density at radius 1 is 1.42 bits per heavy atom. The van der Waals surface area contributed by atoms with Crippen LogP contribution in [-0.4, -0.2) is 27.9 Å². The Bertz CT molecular complexity index is 428. The quantitative estimate of drug-likeness (QED) is 0.906. The average Bonchev–Trinajstić information content (AvgIpc) is 2.38. The summed E-state index contributed by atoms with van der Waals surface area (Å²) in [5.41, 5.74) is 7.03. The van der Waals surface area contributed by atoms with Crippen molar-refractivity contribution in [3.63, 3.8) is 0 Å². The first-order valence-corrected chi connectivity index (χ1v) is 6.61. The molecule has 1 aromatic heterocycles. The molecule has 19 heavy (non-hydrogen) atoms. The number of hydrogen-bond acceptors (Lipinski definition) is 3. The minimum atomic E-state index is 0. The smallest absolute Gasteiger partial charge is 0.254 e. The number of halogens is 1. The molecular weight excluding hydrogens is 262 g/mol. The van der Waals surface area contributed by atoms with Gasteiger partial charge in [-0.3, -0.25) is 9.78 Å². The van der Waals surface area contributed by atoms with Gasteiger partial charge in [-0.2, -0.15) is 0 Å². The lowest BCUT2D eigenvalue weighted by molar-refractivity contribution is 0.0510. The van der Waals surface area contributed by atoms with Gasteiger partial charge in [0.25, 0.3) is 5.91 Å². The minimum absolute atomic E-state index is 0. The van der Waals surface area contributed by atoms with Crippen LogP contribution in [0.1, 0.15) is 49.2 Å². The van der Waals surface area contributed by atoms with Crippen LogP contribution in [0.2, 0.25) is 0 Å². The van der Waals surface area contributed by atoms with E-state index in [0.29, 0.717) is 24.2 Å². The second-order valence-corrected chi connectivity index (χ2v) is 5.08. The summed E-state index contributed by atoms with van der Waals surface area (Å²) in [4.78, 5) is 18.7. The zero-order chi connectivity index (χ0) is 13.1. The molecule has 1 amide bonds. The maximum absolute atomic E-state index is 12.5. The highest BCUT2D eigenvalue weighted by atomic mass is 35.5. The second kappa shape index (κ2) is 6.87. The van der Waals surface area contributed by atoms with E-state index in [1.807, 2.05) is 4.90 Å². The van der Waals surface area contributed by atoms with Crippen molar-refractivity contribution in [1.29, 1.82) is 0 Å². The molecule has 1 aromatic rings. The van der Waals surface area contributed by atoms with E-state index in [2.05, 4.69) is 18.8 Å². The summed E-state index contributed by atoms with van der Waals surface area (Å²) in [5, 5.41) is 0. The van der Waals surface area contributed by atoms with E-state index in [1.54, 1.807) is 18.3 Å². The van der Waals surface area contributed by atoms with Gasteiger partial charge in [0, 0.05) is 30.4 Å². The molecule has 2 atom stereocenters. The van der Waals surface area contributed by atoms with Crippen LogP contribution < -0.4 is 5.73 Å². The van der Waals surface area contributed by atoms with Crippen molar-refractivity contribution >= 4 is 18.3 Å². The van der Waals surface area contributed by atoms with Crippen LogP contribution in [-0.2, 0) is 6.54 Å². The third-order valence-electron chi connectivity index (χ3n) is 3.70. The SMILES string of the molecule is CC1CCCC(C)N1C(=O)c1ccnc(CN)c1.Cl. The minimum Gasteiger partial charge on any atom is -0.333 e. The van der Waals surface area contributed by atoms with Crippen molar-refractivity contribution in [2.75, 3.05) is 0 Å². The molecule has 1 fully saturated rings. The van der Waals surface area contributed by atoms with Crippen LogP contribution in [0.25, 0.3) is 0 Å². The van der Waals surface area contributed by atoms with Crippen LogP contribution in [0.3, 0.4) is 0 Å². The molecule has 4 nitrogen and oxygen atoms in total. The van der Waals surface area contributed by atoms with Crippen LogP contribution in [0, 0.1) is 0 Å². The van der Waals surface area contributed by atoms with Gasteiger partial charge in [-0.15, -0.1) is 12.4 Å². The monoisotopic (exact) mass is 283 g/mol. The summed E-state index contributed by atoms with van der Waals surface area (Å²) < 4.78 is 0. The number of nitrogens with zero attached hydrogens (tertiary/aromatic N) is 2. The van der Waals surface area contributed by atoms with Gasteiger partial charge in [0.1, 0.15) is 0 Å². The van der Waals surface area contributed by atoms with Crippen LogP contribution in [0.5, 0.6) is 0 Å². The molecule has 0 aromatic carbocycles. The van der Waals surface area contributed by atoms with Crippen LogP contribution in [0.15, 0.2) is 18.3 Å². The normalized spacial score (nSPS) is 22.8. The molecule has 0 radical (unpaired) electrons.